The van der Waals surface area contributed by atoms with Crippen LogP contribution >= 0.6 is 22.7 Å². The van der Waals surface area contributed by atoms with Crippen molar-refractivity contribution >= 4 is 34.5 Å². The van der Waals surface area contributed by atoms with Gasteiger partial charge < -0.3 is 14.5 Å². The molecule has 3 aromatic heterocycles. The molecule has 32 heavy (non-hydrogen) atoms. The van der Waals surface area contributed by atoms with Gasteiger partial charge in [0.25, 0.3) is 5.91 Å². The molecule has 0 radical (unpaired) electrons. The van der Waals surface area contributed by atoms with Crippen molar-refractivity contribution in [3.8, 4) is 0 Å². The van der Waals surface area contributed by atoms with Crippen LogP contribution in [0, 0.1) is 20.8 Å². The summed E-state index contributed by atoms with van der Waals surface area (Å²) < 4.78 is 6.18. The Bertz CT molecular complexity index is 1100. The van der Waals surface area contributed by atoms with Gasteiger partial charge >= 0.3 is 0 Å². The lowest BCUT2D eigenvalue weighted by Crippen LogP contribution is -2.39. The Balaban J connectivity index is 1.54. The van der Waals surface area contributed by atoms with Crippen molar-refractivity contribution in [1.82, 2.24) is 24.8 Å². The Morgan fingerprint density at radius 2 is 1.94 bits per heavy atom. The van der Waals surface area contributed by atoms with E-state index in [1.54, 1.807) is 33.5 Å². The molecule has 3 aromatic rings. The van der Waals surface area contributed by atoms with E-state index in [1.807, 2.05) is 38.3 Å². The van der Waals surface area contributed by atoms with E-state index in [-0.39, 0.29) is 24.5 Å². The predicted octanol–water partition coefficient (Wildman–Crippen LogP) is 2.99. The monoisotopic (exact) mass is 471 g/mol. The average molecular weight is 472 g/mol. The third-order valence-electron chi connectivity index (χ3n) is 5.17. The predicted molar refractivity (Wildman–Crippen MR) is 123 cm³/mol. The SMILES string of the molecule is Cc1nc(CN2CC(OCc3ccncc3)CN(C(=O)c3sc(C)nc3C)CC2=O)cs1. The minimum absolute atomic E-state index is 0.00740. The van der Waals surface area contributed by atoms with Crippen molar-refractivity contribution in [3.05, 3.63) is 61.8 Å². The first kappa shape index (κ1) is 22.5. The second-order valence-corrected chi connectivity index (χ2v) is 10.0. The van der Waals surface area contributed by atoms with E-state index in [2.05, 4.69) is 15.0 Å². The molecular formula is C22H25N5O3S2. The number of amides is 2. The van der Waals surface area contributed by atoms with Gasteiger partial charge in [-0.1, -0.05) is 0 Å². The van der Waals surface area contributed by atoms with Gasteiger partial charge in [0.05, 0.1) is 40.7 Å². The van der Waals surface area contributed by atoms with Crippen LogP contribution in [0.15, 0.2) is 29.9 Å². The summed E-state index contributed by atoms with van der Waals surface area (Å²) in [6, 6.07) is 3.79. The molecule has 0 bridgehead atoms. The van der Waals surface area contributed by atoms with Crippen molar-refractivity contribution in [2.24, 2.45) is 0 Å². The lowest BCUT2D eigenvalue weighted by Gasteiger charge is -2.24. The topological polar surface area (TPSA) is 88.5 Å². The molecule has 4 rings (SSSR count). The molecule has 0 aliphatic carbocycles. The second kappa shape index (κ2) is 9.85. The quantitative estimate of drug-likeness (QED) is 0.549. The molecule has 0 saturated carbocycles. The zero-order valence-electron chi connectivity index (χ0n) is 18.3. The normalized spacial score (nSPS) is 17.0. The lowest BCUT2D eigenvalue weighted by molar-refractivity contribution is -0.132. The van der Waals surface area contributed by atoms with Crippen LogP contribution in [-0.4, -0.2) is 62.3 Å². The summed E-state index contributed by atoms with van der Waals surface area (Å²) in [4.78, 5) is 43.2. The number of aryl methyl sites for hydroxylation is 3. The Morgan fingerprint density at radius 1 is 1.16 bits per heavy atom. The van der Waals surface area contributed by atoms with Gasteiger partial charge in [-0.25, -0.2) is 9.97 Å². The van der Waals surface area contributed by atoms with Crippen LogP contribution in [0.5, 0.6) is 0 Å². The number of ether oxygens (including phenoxy) is 1. The van der Waals surface area contributed by atoms with E-state index < -0.39 is 0 Å². The van der Waals surface area contributed by atoms with Crippen LogP contribution in [0.3, 0.4) is 0 Å². The summed E-state index contributed by atoms with van der Waals surface area (Å²) in [7, 11) is 0. The molecule has 2 amide bonds. The molecule has 1 aliphatic rings. The van der Waals surface area contributed by atoms with Crippen LogP contribution in [0.4, 0.5) is 0 Å². The number of carbonyl (C=O) groups is 2. The molecule has 4 heterocycles. The molecule has 10 heteroatoms. The second-order valence-electron chi connectivity index (χ2n) is 7.75. The van der Waals surface area contributed by atoms with E-state index in [4.69, 9.17) is 4.74 Å². The van der Waals surface area contributed by atoms with Gasteiger partial charge in [0.15, 0.2) is 0 Å². The van der Waals surface area contributed by atoms with E-state index in [0.717, 1.165) is 21.3 Å². The maximum atomic E-state index is 13.3. The highest BCUT2D eigenvalue weighted by molar-refractivity contribution is 7.13. The van der Waals surface area contributed by atoms with Gasteiger partial charge in [-0.2, -0.15) is 0 Å². The van der Waals surface area contributed by atoms with Crippen LogP contribution < -0.4 is 0 Å². The summed E-state index contributed by atoms with van der Waals surface area (Å²) in [5, 5.41) is 3.76. The number of rotatable bonds is 6. The Morgan fingerprint density at radius 3 is 2.59 bits per heavy atom. The average Bonchev–Trinajstić information content (AvgIpc) is 3.29. The van der Waals surface area contributed by atoms with Gasteiger partial charge in [0.1, 0.15) is 11.4 Å². The van der Waals surface area contributed by atoms with E-state index in [9.17, 15) is 9.59 Å². The fraction of sp³-hybridized carbons (Fsp3) is 0.409. The first-order chi connectivity index (χ1) is 15.4. The van der Waals surface area contributed by atoms with Crippen LogP contribution in [0.1, 0.15) is 36.6 Å². The third-order valence-corrected chi connectivity index (χ3v) is 7.05. The lowest BCUT2D eigenvalue weighted by atomic mass is 10.2. The van der Waals surface area contributed by atoms with Gasteiger partial charge in [-0.3, -0.25) is 14.6 Å². The maximum Gasteiger partial charge on any atom is 0.266 e. The molecule has 0 aromatic carbocycles. The highest BCUT2D eigenvalue weighted by atomic mass is 32.1. The molecule has 1 unspecified atom stereocenters. The number of hydrogen-bond acceptors (Lipinski definition) is 8. The Labute approximate surface area is 194 Å². The standard InChI is InChI=1S/C22H25N5O3S2/c1-14-21(32-16(3)24-14)22(29)27-10-19(30-12-17-4-6-23-7-5-17)9-26(20(28)11-27)8-18-13-31-15(2)25-18/h4-7,13,19H,8-12H2,1-3H3. The molecular weight excluding hydrogens is 446 g/mol. The minimum Gasteiger partial charge on any atom is -0.370 e. The zero-order chi connectivity index (χ0) is 22.7. The van der Waals surface area contributed by atoms with Gasteiger partial charge in [-0.15, -0.1) is 22.7 Å². The number of pyridine rings is 1. The molecule has 1 atom stereocenters. The first-order valence-electron chi connectivity index (χ1n) is 10.3. The molecule has 1 aliphatic heterocycles. The molecule has 0 N–H and O–H groups in total. The van der Waals surface area contributed by atoms with Crippen molar-refractivity contribution in [3.63, 3.8) is 0 Å². The molecule has 8 nitrogen and oxygen atoms in total. The summed E-state index contributed by atoms with van der Waals surface area (Å²) in [5.41, 5.74) is 2.53. The summed E-state index contributed by atoms with van der Waals surface area (Å²) >= 11 is 2.92. The van der Waals surface area contributed by atoms with Gasteiger partial charge in [-0.05, 0) is 38.5 Å². The summed E-state index contributed by atoms with van der Waals surface area (Å²) in [6.07, 6.45) is 3.11. The van der Waals surface area contributed by atoms with Crippen molar-refractivity contribution in [2.45, 2.75) is 40.0 Å². The van der Waals surface area contributed by atoms with Crippen molar-refractivity contribution < 1.29 is 14.3 Å². The van der Waals surface area contributed by atoms with Crippen molar-refractivity contribution in [2.75, 3.05) is 19.6 Å². The van der Waals surface area contributed by atoms with E-state index in [0.29, 0.717) is 36.8 Å². The molecule has 1 fully saturated rings. The smallest absolute Gasteiger partial charge is 0.266 e. The molecule has 0 spiro atoms. The molecule has 1 saturated heterocycles. The van der Waals surface area contributed by atoms with E-state index >= 15 is 0 Å². The number of hydrogen-bond donors (Lipinski definition) is 0. The van der Waals surface area contributed by atoms with Gasteiger partial charge in [0, 0.05) is 30.9 Å². The van der Waals surface area contributed by atoms with E-state index in [1.165, 1.54) is 11.3 Å². The number of aromatic nitrogens is 3. The zero-order valence-corrected chi connectivity index (χ0v) is 19.9. The summed E-state index contributed by atoms with van der Waals surface area (Å²) in [5.74, 6) is -0.289. The maximum absolute atomic E-state index is 13.3. The third kappa shape index (κ3) is 5.37. The highest BCUT2D eigenvalue weighted by Crippen LogP contribution is 2.22. The number of thiazole rings is 2. The Hall–Kier alpha value is -2.69. The first-order valence-corrected chi connectivity index (χ1v) is 12.0. The van der Waals surface area contributed by atoms with Crippen molar-refractivity contribution in [1.29, 1.82) is 0 Å². The van der Waals surface area contributed by atoms with Crippen LogP contribution in [0.25, 0.3) is 0 Å². The fourth-order valence-electron chi connectivity index (χ4n) is 3.63. The minimum atomic E-state index is -0.326. The van der Waals surface area contributed by atoms with Crippen LogP contribution in [-0.2, 0) is 22.7 Å². The fourth-order valence-corrected chi connectivity index (χ4v) is 5.13. The Kier molecular flexibility index (Phi) is 6.92. The molecule has 168 valence electrons. The summed E-state index contributed by atoms with van der Waals surface area (Å²) in [6.45, 7) is 7.16. The van der Waals surface area contributed by atoms with Crippen LogP contribution in [0.2, 0.25) is 0 Å². The largest absolute Gasteiger partial charge is 0.370 e. The number of nitrogens with zero attached hydrogens (tertiary/aromatic N) is 5. The van der Waals surface area contributed by atoms with Gasteiger partial charge in [0.2, 0.25) is 5.91 Å². The highest BCUT2D eigenvalue weighted by Gasteiger charge is 2.33. The number of carbonyl (C=O) groups excluding carboxylic acids is 2.